The molecule has 7 heteroatoms. The van der Waals surface area contributed by atoms with Crippen molar-refractivity contribution in [1.29, 1.82) is 0 Å². The number of halogens is 1. The second-order valence-corrected chi connectivity index (χ2v) is 9.19. The predicted octanol–water partition coefficient (Wildman–Crippen LogP) is 3.33. The first-order chi connectivity index (χ1) is 15.0. The molecule has 0 radical (unpaired) electrons. The molecule has 4 aliphatic heterocycles. The quantitative estimate of drug-likeness (QED) is 0.734. The van der Waals surface area contributed by atoms with Gasteiger partial charge in [-0.15, -0.1) is 0 Å². The Morgan fingerprint density at radius 1 is 1.10 bits per heavy atom. The van der Waals surface area contributed by atoms with Crippen LogP contribution in [-0.2, 0) is 26.3 Å². The molecular formula is C24H22ClN3O3. The summed E-state index contributed by atoms with van der Waals surface area (Å²) in [4.78, 5) is 44.6. The molecule has 0 bridgehead atoms. The highest BCUT2D eigenvalue weighted by atomic mass is 35.5. The van der Waals surface area contributed by atoms with Crippen molar-refractivity contribution in [3.8, 4) is 0 Å². The zero-order valence-electron chi connectivity index (χ0n) is 17.1. The minimum Gasteiger partial charge on any atom is -0.324 e. The highest BCUT2D eigenvalue weighted by Gasteiger charge is 2.74. The van der Waals surface area contributed by atoms with E-state index in [9.17, 15) is 14.4 Å². The Morgan fingerprint density at radius 3 is 2.68 bits per heavy atom. The Balaban J connectivity index is 1.58. The normalized spacial score (nSPS) is 31.4. The van der Waals surface area contributed by atoms with Gasteiger partial charge >= 0.3 is 0 Å². The van der Waals surface area contributed by atoms with E-state index in [0.29, 0.717) is 17.3 Å². The number of hydrogen-bond acceptors (Lipinski definition) is 4. The third-order valence-electron chi connectivity index (χ3n) is 7.59. The second-order valence-electron chi connectivity index (χ2n) is 8.78. The zero-order valence-corrected chi connectivity index (χ0v) is 17.9. The molecule has 2 aromatic carbocycles. The van der Waals surface area contributed by atoms with Crippen LogP contribution < -0.4 is 10.2 Å². The molecule has 1 spiro atoms. The van der Waals surface area contributed by atoms with E-state index < -0.39 is 17.4 Å². The van der Waals surface area contributed by atoms with Crippen molar-refractivity contribution in [2.24, 2.45) is 11.8 Å². The van der Waals surface area contributed by atoms with Crippen molar-refractivity contribution in [3.63, 3.8) is 0 Å². The van der Waals surface area contributed by atoms with Crippen molar-refractivity contribution in [2.45, 2.75) is 37.8 Å². The molecule has 0 saturated carbocycles. The summed E-state index contributed by atoms with van der Waals surface area (Å²) in [6.45, 7) is 2.75. The fraction of sp³-hybridized carbons (Fsp3) is 0.375. The molecule has 3 fully saturated rings. The van der Waals surface area contributed by atoms with Crippen LogP contribution in [0.25, 0.3) is 0 Å². The molecule has 4 unspecified atom stereocenters. The topological polar surface area (TPSA) is 69.7 Å². The second kappa shape index (κ2) is 6.40. The van der Waals surface area contributed by atoms with Crippen LogP contribution in [0.15, 0.2) is 42.5 Å². The average Bonchev–Trinajstić information content (AvgIpc) is 3.47. The number of nitrogens with one attached hydrogen (secondary N) is 1. The summed E-state index contributed by atoms with van der Waals surface area (Å²) >= 11 is 6.37. The first-order valence-corrected chi connectivity index (χ1v) is 11.2. The number of aryl methyl sites for hydroxylation is 1. The lowest BCUT2D eigenvalue weighted by Crippen LogP contribution is -2.54. The maximum absolute atomic E-state index is 13.9. The van der Waals surface area contributed by atoms with E-state index in [0.717, 1.165) is 36.1 Å². The van der Waals surface area contributed by atoms with Gasteiger partial charge in [0.2, 0.25) is 17.7 Å². The Bertz CT molecular complexity index is 1160. The van der Waals surface area contributed by atoms with E-state index in [1.807, 2.05) is 25.1 Å². The number of para-hydroxylation sites is 2. The van der Waals surface area contributed by atoms with Crippen LogP contribution >= 0.6 is 11.6 Å². The number of carbonyl (C=O) groups excluding carboxylic acids is 3. The Hall–Kier alpha value is -2.70. The van der Waals surface area contributed by atoms with Crippen molar-refractivity contribution in [3.05, 3.63) is 58.6 Å². The monoisotopic (exact) mass is 435 g/mol. The molecule has 0 aliphatic carbocycles. The van der Waals surface area contributed by atoms with Gasteiger partial charge in [-0.1, -0.05) is 48.9 Å². The van der Waals surface area contributed by atoms with Gasteiger partial charge in [-0.05, 0) is 43.5 Å². The van der Waals surface area contributed by atoms with Crippen LogP contribution in [0.1, 0.15) is 30.9 Å². The van der Waals surface area contributed by atoms with Gasteiger partial charge < -0.3 is 5.32 Å². The smallest absolute Gasteiger partial charge is 0.250 e. The number of anilines is 2. The van der Waals surface area contributed by atoms with Gasteiger partial charge in [0.25, 0.3) is 0 Å². The third-order valence-corrected chi connectivity index (χ3v) is 7.91. The number of imide groups is 1. The fourth-order valence-electron chi connectivity index (χ4n) is 6.46. The van der Waals surface area contributed by atoms with Crippen LogP contribution in [0.5, 0.6) is 0 Å². The molecular weight excluding hydrogens is 414 g/mol. The summed E-state index contributed by atoms with van der Waals surface area (Å²) in [6.07, 6.45) is 2.48. The molecule has 4 atom stereocenters. The van der Waals surface area contributed by atoms with E-state index in [1.165, 1.54) is 4.90 Å². The van der Waals surface area contributed by atoms with Gasteiger partial charge in [-0.2, -0.15) is 0 Å². The minimum atomic E-state index is -1.14. The van der Waals surface area contributed by atoms with Gasteiger partial charge in [-0.25, -0.2) is 4.90 Å². The minimum absolute atomic E-state index is 0.129. The van der Waals surface area contributed by atoms with Crippen LogP contribution in [0, 0.1) is 11.8 Å². The van der Waals surface area contributed by atoms with Crippen LogP contribution in [0.4, 0.5) is 11.4 Å². The molecule has 1 N–H and O–H groups in total. The largest absolute Gasteiger partial charge is 0.324 e. The third kappa shape index (κ3) is 2.14. The fourth-order valence-corrected chi connectivity index (χ4v) is 6.68. The summed E-state index contributed by atoms with van der Waals surface area (Å²) in [7, 11) is 0. The molecule has 6 rings (SSSR count). The van der Waals surface area contributed by atoms with Crippen LogP contribution in [-0.4, -0.2) is 35.2 Å². The van der Waals surface area contributed by atoms with E-state index >= 15 is 0 Å². The lowest BCUT2D eigenvalue weighted by Gasteiger charge is -2.36. The maximum Gasteiger partial charge on any atom is 0.250 e. The number of hydrogen-bond donors (Lipinski definition) is 1. The van der Waals surface area contributed by atoms with Gasteiger partial charge in [-0.3, -0.25) is 19.3 Å². The van der Waals surface area contributed by atoms with Crippen LogP contribution in [0.3, 0.4) is 0 Å². The van der Waals surface area contributed by atoms with Crippen LogP contribution in [0.2, 0.25) is 5.02 Å². The Morgan fingerprint density at radius 2 is 1.90 bits per heavy atom. The molecule has 31 heavy (non-hydrogen) atoms. The van der Waals surface area contributed by atoms with Gasteiger partial charge in [0.15, 0.2) is 0 Å². The van der Waals surface area contributed by atoms with Gasteiger partial charge in [0.1, 0.15) is 5.54 Å². The highest BCUT2D eigenvalue weighted by molar-refractivity contribution is 6.36. The summed E-state index contributed by atoms with van der Waals surface area (Å²) in [6, 6.07) is 12.7. The lowest BCUT2D eigenvalue weighted by molar-refractivity contribution is -0.135. The number of rotatable bonds is 2. The van der Waals surface area contributed by atoms with E-state index in [4.69, 9.17) is 11.6 Å². The zero-order chi connectivity index (χ0) is 21.5. The standard InChI is InChI=1S/C24H22ClN3O3/c1-2-13-7-5-8-14-20(13)26-23(31)24(14)19-18(17-11-6-12-27(17)24)21(29)28(22(19)30)16-10-4-3-9-15(16)25/h3-5,7-10,17-19H,2,6,11-12H2,1H3,(H,26,31). The van der Waals surface area contributed by atoms with E-state index in [1.54, 1.807) is 24.3 Å². The van der Waals surface area contributed by atoms with E-state index in [-0.39, 0.29) is 23.8 Å². The summed E-state index contributed by atoms with van der Waals surface area (Å²) in [5.41, 5.74) is 1.93. The molecule has 2 aromatic rings. The van der Waals surface area contributed by atoms with Gasteiger partial charge in [0, 0.05) is 17.3 Å². The number of benzene rings is 2. The Kier molecular flexibility index (Phi) is 3.93. The number of nitrogens with zero attached hydrogens (tertiary/aromatic N) is 2. The van der Waals surface area contributed by atoms with Crippen molar-refractivity contribution in [2.75, 3.05) is 16.8 Å². The molecule has 3 amide bonds. The molecule has 158 valence electrons. The molecule has 6 nitrogen and oxygen atoms in total. The summed E-state index contributed by atoms with van der Waals surface area (Å²) in [5, 5.41) is 3.44. The molecule has 0 aromatic heterocycles. The molecule has 4 aliphatic rings. The number of carbonyl (C=O) groups is 3. The molecule has 3 saturated heterocycles. The Labute approximate surface area is 185 Å². The SMILES string of the molecule is CCc1cccc2c1NC(=O)C21C2C(=O)N(c3ccccc3Cl)C(=O)C2C2CCCN21. The van der Waals surface area contributed by atoms with Crippen molar-refractivity contribution >= 4 is 40.7 Å². The number of fused-ring (bicyclic) bond motifs is 7. The molecule has 4 heterocycles. The first kappa shape index (κ1) is 19.0. The predicted molar refractivity (Wildman–Crippen MR) is 117 cm³/mol. The van der Waals surface area contributed by atoms with Crippen molar-refractivity contribution in [1.82, 2.24) is 4.90 Å². The van der Waals surface area contributed by atoms with E-state index in [2.05, 4.69) is 10.2 Å². The number of amides is 3. The first-order valence-electron chi connectivity index (χ1n) is 10.8. The lowest BCUT2D eigenvalue weighted by atomic mass is 9.75. The van der Waals surface area contributed by atoms with Crippen molar-refractivity contribution < 1.29 is 14.4 Å². The summed E-state index contributed by atoms with van der Waals surface area (Å²) < 4.78 is 0. The summed E-state index contributed by atoms with van der Waals surface area (Å²) in [5.74, 6) is -2.07. The maximum atomic E-state index is 13.9. The average molecular weight is 436 g/mol. The van der Waals surface area contributed by atoms with Gasteiger partial charge in [0.05, 0.1) is 22.5 Å². The highest BCUT2D eigenvalue weighted by Crippen LogP contribution is 2.61.